The van der Waals surface area contributed by atoms with Crippen molar-refractivity contribution in [2.75, 3.05) is 0 Å². The topological polar surface area (TPSA) is 26.0 Å². The first-order valence-electron chi connectivity index (χ1n) is 10.5. The average molecular weight is 395 g/mol. The highest BCUT2D eigenvalue weighted by Crippen LogP contribution is 2.37. The molecule has 2 nitrogen and oxygen atoms in total. The first kappa shape index (κ1) is 16.6. The van der Waals surface area contributed by atoms with E-state index in [2.05, 4.69) is 84.9 Å². The van der Waals surface area contributed by atoms with E-state index in [9.17, 15) is 0 Å². The summed E-state index contributed by atoms with van der Waals surface area (Å²) in [5, 5.41) is 9.74. The number of furan rings is 1. The second-order valence-corrected chi connectivity index (χ2v) is 8.01. The van der Waals surface area contributed by atoms with E-state index >= 15 is 0 Å². The lowest BCUT2D eigenvalue weighted by Crippen LogP contribution is -1.88. The highest BCUT2D eigenvalue weighted by Gasteiger charge is 2.12. The first-order valence-corrected chi connectivity index (χ1v) is 10.5. The van der Waals surface area contributed by atoms with Gasteiger partial charge in [0.2, 0.25) is 0 Å². The molecule has 0 radical (unpaired) electrons. The van der Waals surface area contributed by atoms with Crippen LogP contribution in [0.2, 0.25) is 0 Å². The maximum absolute atomic E-state index is 6.01. The number of para-hydroxylation sites is 1. The van der Waals surface area contributed by atoms with Crippen molar-refractivity contribution in [3.8, 4) is 11.3 Å². The summed E-state index contributed by atoms with van der Waals surface area (Å²) in [5.41, 5.74) is 3.92. The van der Waals surface area contributed by atoms with Crippen LogP contribution in [-0.4, -0.2) is 4.98 Å². The third-order valence-electron chi connectivity index (χ3n) is 6.32. The van der Waals surface area contributed by atoms with Gasteiger partial charge >= 0.3 is 0 Å². The Morgan fingerprint density at radius 2 is 1.19 bits per heavy atom. The number of aromatic nitrogens is 1. The van der Waals surface area contributed by atoms with Gasteiger partial charge in [-0.2, -0.15) is 0 Å². The largest absolute Gasteiger partial charge is 0.456 e. The van der Waals surface area contributed by atoms with Crippen LogP contribution in [0.5, 0.6) is 0 Å². The predicted molar refractivity (Wildman–Crippen MR) is 129 cm³/mol. The Labute approximate surface area is 178 Å². The van der Waals surface area contributed by atoms with E-state index in [1.165, 1.54) is 26.9 Å². The van der Waals surface area contributed by atoms with E-state index in [0.29, 0.717) is 0 Å². The number of pyridine rings is 1. The molecule has 144 valence electrons. The van der Waals surface area contributed by atoms with Gasteiger partial charge in [-0.05, 0) is 57.3 Å². The monoisotopic (exact) mass is 395 g/mol. The Hall–Kier alpha value is -4.17. The van der Waals surface area contributed by atoms with Gasteiger partial charge < -0.3 is 4.42 Å². The van der Waals surface area contributed by atoms with E-state index in [1.54, 1.807) is 0 Å². The van der Waals surface area contributed by atoms with Gasteiger partial charge in [-0.15, -0.1) is 0 Å². The summed E-state index contributed by atoms with van der Waals surface area (Å²) in [6, 6.07) is 34.1. The molecule has 0 aliphatic rings. The Morgan fingerprint density at radius 1 is 0.484 bits per heavy atom. The summed E-state index contributed by atoms with van der Waals surface area (Å²) in [7, 11) is 0. The Bertz CT molecular complexity index is 1790. The lowest BCUT2D eigenvalue weighted by molar-refractivity contribution is 0.669. The molecule has 2 heterocycles. The minimum Gasteiger partial charge on any atom is -0.456 e. The highest BCUT2D eigenvalue weighted by molar-refractivity contribution is 6.19. The molecule has 0 aliphatic carbocycles. The molecule has 0 saturated heterocycles. The van der Waals surface area contributed by atoms with Crippen LogP contribution in [0, 0.1) is 0 Å². The summed E-state index contributed by atoms with van der Waals surface area (Å²) in [6.45, 7) is 0. The molecule has 0 saturated carbocycles. The molecule has 0 fully saturated rings. The molecular formula is C29H17NO. The van der Waals surface area contributed by atoms with Crippen LogP contribution in [0.3, 0.4) is 0 Å². The molecule has 7 aromatic rings. The lowest BCUT2D eigenvalue weighted by atomic mass is 9.95. The third kappa shape index (κ3) is 2.36. The smallest absolute Gasteiger partial charge is 0.135 e. The molecule has 0 amide bonds. The van der Waals surface area contributed by atoms with Crippen LogP contribution < -0.4 is 0 Å². The first-order chi connectivity index (χ1) is 15.4. The molecule has 5 aromatic carbocycles. The van der Waals surface area contributed by atoms with Gasteiger partial charge in [-0.25, -0.2) is 0 Å². The minimum absolute atomic E-state index is 0.905. The SMILES string of the molecule is c1ccc2c(c1)ccc1c3ccnc(-c4ccc5oc6ccccc6c5c4)c3ccc21. The number of rotatable bonds is 1. The number of benzene rings is 5. The highest BCUT2D eigenvalue weighted by atomic mass is 16.3. The zero-order valence-corrected chi connectivity index (χ0v) is 16.7. The van der Waals surface area contributed by atoms with Crippen LogP contribution in [0.1, 0.15) is 0 Å². The van der Waals surface area contributed by atoms with E-state index in [1.807, 2.05) is 18.3 Å². The van der Waals surface area contributed by atoms with E-state index in [4.69, 9.17) is 9.40 Å². The summed E-state index contributed by atoms with van der Waals surface area (Å²) >= 11 is 0. The number of fused-ring (bicyclic) bond motifs is 8. The average Bonchev–Trinajstić information content (AvgIpc) is 3.21. The van der Waals surface area contributed by atoms with Gasteiger partial charge in [0.25, 0.3) is 0 Å². The summed E-state index contributed by atoms with van der Waals surface area (Å²) < 4.78 is 6.01. The second kappa shape index (κ2) is 6.16. The van der Waals surface area contributed by atoms with E-state index < -0.39 is 0 Å². The van der Waals surface area contributed by atoms with Crippen molar-refractivity contribution >= 4 is 54.3 Å². The molecule has 2 aromatic heterocycles. The van der Waals surface area contributed by atoms with Gasteiger partial charge in [-0.3, -0.25) is 4.98 Å². The molecular weight excluding hydrogens is 378 g/mol. The van der Waals surface area contributed by atoms with Gasteiger partial charge in [0.1, 0.15) is 11.2 Å². The summed E-state index contributed by atoms with van der Waals surface area (Å²) in [4.78, 5) is 4.79. The van der Waals surface area contributed by atoms with Crippen molar-refractivity contribution in [2.24, 2.45) is 0 Å². The molecule has 0 aliphatic heterocycles. The Kier molecular flexibility index (Phi) is 3.30. The fourth-order valence-electron chi connectivity index (χ4n) is 4.86. The molecule has 0 spiro atoms. The molecule has 31 heavy (non-hydrogen) atoms. The van der Waals surface area contributed by atoms with Crippen LogP contribution in [0.15, 0.2) is 108 Å². The molecule has 0 atom stereocenters. The second-order valence-electron chi connectivity index (χ2n) is 8.01. The van der Waals surface area contributed by atoms with Crippen molar-refractivity contribution in [3.63, 3.8) is 0 Å². The minimum atomic E-state index is 0.905. The quantitative estimate of drug-likeness (QED) is 0.262. The summed E-state index contributed by atoms with van der Waals surface area (Å²) in [5.74, 6) is 0. The molecule has 7 rings (SSSR count). The maximum atomic E-state index is 6.01. The Balaban J connectivity index is 1.53. The van der Waals surface area contributed by atoms with Gasteiger partial charge in [-0.1, -0.05) is 66.7 Å². The van der Waals surface area contributed by atoms with Gasteiger partial charge in [0.15, 0.2) is 0 Å². The van der Waals surface area contributed by atoms with Crippen LogP contribution >= 0.6 is 0 Å². The normalized spacial score (nSPS) is 11.9. The van der Waals surface area contributed by atoms with Crippen LogP contribution in [0.25, 0.3) is 65.5 Å². The van der Waals surface area contributed by atoms with Crippen molar-refractivity contribution in [3.05, 3.63) is 103 Å². The maximum Gasteiger partial charge on any atom is 0.135 e. The van der Waals surface area contributed by atoms with Crippen molar-refractivity contribution in [2.45, 2.75) is 0 Å². The summed E-state index contributed by atoms with van der Waals surface area (Å²) in [6.07, 6.45) is 1.92. The van der Waals surface area contributed by atoms with E-state index in [-0.39, 0.29) is 0 Å². The van der Waals surface area contributed by atoms with Crippen LogP contribution in [-0.2, 0) is 0 Å². The lowest BCUT2D eigenvalue weighted by Gasteiger charge is -2.10. The number of hydrogen-bond acceptors (Lipinski definition) is 2. The number of nitrogens with zero attached hydrogens (tertiary/aromatic N) is 1. The standard InChI is InChI=1S/C29H17NO/c1-2-6-20-18(5-1)9-11-22-21(20)12-13-25-23(22)15-16-30-29(25)19-10-14-28-26(17-19)24-7-3-4-8-27(24)31-28/h1-17H. The van der Waals surface area contributed by atoms with Gasteiger partial charge in [0.05, 0.1) is 5.69 Å². The van der Waals surface area contributed by atoms with Crippen molar-refractivity contribution in [1.82, 2.24) is 4.98 Å². The van der Waals surface area contributed by atoms with E-state index in [0.717, 1.165) is 38.6 Å². The van der Waals surface area contributed by atoms with Gasteiger partial charge in [0, 0.05) is 27.9 Å². The number of hydrogen-bond donors (Lipinski definition) is 0. The van der Waals surface area contributed by atoms with Crippen LogP contribution in [0.4, 0.5) is 0 Å². The molecule has 0 bridgehead atoms. The zero-order chi connectivity index (χ0) is 20.4. The molecule has 2 heteroatoms. The van der Waals surface area contributed by atoms with Crippen molar-refractivity contribution in [1.29, 1.82) is 0 Å². The molecule has 0 unspecified atom stereocenters. The zero-order valence-electron chi connectivity index (χ0n) is 16.7. The fourth-order valence-corrected chi connectivity index (χ4v) is 4.86. The van der Waals surface area contributed by atoms with Crippen molar-refractivity contribution < 1.29 is 4.42 Å². The fraction of sp³-hybridized carbons (Fsp3) is 0. The Morgan fingerprint density at radius 3 is 2.16 bits per heavy atom. The molecule has 0 N–H and O–H groups in total. The predicted octanol–water partition coefficient (Wildman–Crippen LogP) is 8.11. The third-order valence-corrected chi connectivity index (χ3v) is 6.32.